The molecule has 4 rings (SSSR count). The molecule has 0 atom stereocenters. The lowest BCUT2D eigenvalue weighted by Gasteiger charge is -2.12. The van der Waals surface area contributed by atoms with Crippen molar-refractivity contribution >= 4 is 16.9 Å². The minimum Gasteiger partial charge on any atom is -0.352 e. The van der Waals surface area contributed by atoms with Gasteiger partial charge in [-0.15, -0.1) is 0 Å². The normalized spacial score (nSPS) is 11.1. The van der Waals surface area contributed by atoms with Crippen LogP contribution in [0.5, 0.6) is 0 Å². The van der Waals surface area contributed by atoms with Gasteiger partial charge < -0.3 is 9.88 Å². The molecule has 0 saturated heterocycles. The summed E-state index contributed by atoms with van der Waals surface area (Å²) in [6.07, 6.45) is 3.66. The lowest BCUT2D eigenvalue weighted by molar-refractivity contribution is 0.0949. The maximum atomic E-state index is 13.7. The van der Waals surface area contributed by atoms with Gasteiger partial charge in [-0.1, -0.05) is 54.4 Å². The highest BCUT2D eigenvalue weighted by atomic mass is 19.1. The number of imidazole rings is 1. The van der Waals surface area contributed by atoms with E-state index in [9.17, 15) is 9.18 Å². The number of para-hydroxylation sites is 2. The first kappa shape index (κ1) is 22.7. The molecule has 4 aromatic rings. The van der Waals surface area contributed by atoms with Crippen LogP contribution in [-0.2, 0) is 13.0 Å². The first-order chi connectivity index (χ1) is 16.0. The number of amides is 1. The molecule has 5 heteroatoms. The van der Waals surface area contributed by atoms with Crippen molar-refractivity contribution in [2.75, 3.05) is 6.54 Å². The second-order valence-electron chi connectivity index (χ2n) is 8.58. The Kier molecular flexibility index (Phi) is 7.18. The topological polar surface area (TPSA) is 46.9 Å². The fraction of sp³-hybridized carbons (Fsp3) is 0.286. The standard InChI is InChI=1S/C28H30FN3O/c1-20-15-16-21(2)22(18-20)19-32-26-13-8-7-12-25(26)31-27(32)14-4-3-9-17-30-28(33)23-10-5-6-11-24(23)29/h5-8,10-13,15-16,18H,3-4,9,14,17,19H2,1-2H3,(H,30,33). The Morgan fingerprint density at radius 2 is 1.76 bits per heavy atom. The van der Waals surface area contributed by atoms with Crippen molar-refractivity contribution in [3.63, 3.8) is 0 Å². The van der Waals surface area contributed by atoms with Gasteiger partial charge in [0.15, 0.2) is 0 Å². The van der Waals surface area contributed by atoms with Crippen molar-refractivity contribution in [2.24, 2.45) is 0 Å². The lowest BCUT2D eigenvalue weighted by atomic mass is 10.1. The van der Waals surface area contributed by atoms with Gasteiger partial charge >= 0.3 is 0 Å². The largest absolute Gasteiger partial charge is 0.352 e. The molecule has 1 aromatic heterocycles. The number of benzene rings is 3. The quantitative estimate of drug-likeness (QED) is 0.323. The number of fused-ring (bicyclic) bond motifs is 1. The number of halogens is 1. The van der Waals surface area contributed by atoms with Gasteiger partial charge in [-0.2, -0.15) is 0 Å². The summed E-state index contributed by atoms with van der Waals surface area (Å²) in [5, 5.41) is 2.82. The van der Waals surface area contributed by atoms with Crippen LogP contribution < -0.4 is 5.32 Å². The molecule has 0 bridgehead atoms. The predicted octanol–water partition coefficient (Wildman–Crippen LogP) is 5.98. The molecule has 0 aliphatic carbocycles. The van der Waals surface area contributed by atoms with E-state index in [1.807, 2.05) is 6.07 Å². The Bertz CT molecular complexity index is 1260. The van der Waals surface area contributed by atoms with Gasteiger partial charge in [-0.3, -0.25) is 4.79 Å². The maximum absolute atomic E-state index is 13.7. The van der Waals surface area contributed by atoms with E-state index in [-0.39, 0.29) is 11.5 Å². The number of rotatable bonds is 9. The smallest absolute Gasteiger partial charge is 0.254 e. The van der Waals surface area contributed by atoms with Gasteiger partial charge in [0.25, 0.3) is 5.91 Å². The average molecular weight is 444 g/mol. The molecule has 0 unspecified atom stereocenters. The van der Waals surface area contributed by atoms with Crippen LogP contribution in [0.4, 0.5) is 4.39 Å². The molecule has 1 amide bonds. The molecule has 170 valence electrons. The van der Waals surface area contributed by atoms with Crippen LogP contribution in [0, 0.1) is 19.7 Å². The van der Waals surface area contributed by atoms with Crippen LogP contribution in [0.3, 0.4) is 0 Å². The molecule has 3 aromatic carbocycles. The van der Waals surface area contributed by atoms with Crippen LogP contribution in [0.25, 0.3) is 11.0 Å². The zero-order valence-electron chi connectivity index (χ0n) is 19.3. The lowest BCUT2D eigenvalue weighted by Crippen LogP contribution is -2.25. The Morgan fingerprint density at radius 3 is 2.61 bits per heavy atom. The van der Waals surface area contributed by atoms with Crippen molar-refractivity contribution in [2.45, 2.75) is 46.1 Å². The van der Waals surface area contributed by atoms with Crippen LogP contribution in [0.1, 0.15) is 52.1 Å². The Balaban J connectivity index is 1.36. The van der Waals surface area contributed by atoms with Crippen molar-refractivity contribution in [1.82, 2.24) is 14.9 Å². The number of carbonyl (C=O) groups excluding carboxylic acids is 1. The summed E-state index contributed by atoms with van der Waals surface area (Å²) in [4.78, 5) is 17.0. The van der Waals surface area contributed by atoms with Gasteiger partial charge in [-0.25, -0.2) is 9.37 Å². The van der Waals surface area contributed by atoms with Gasteiger partial charge in [0.05, 0.1) is 16.6 Å². The first-order valence-corrected chi connectivity index (χ1v) is 11.6. The third-order valence-electron chi connectivity index (χ3n) is 6.05. The molecule has 0 saturated carbocycles. The predicted molar refractivity (Wildman–Crippen MR) is 131 cm³/mol. The van der Waals surface area contributed by atoms with Crippen molar-refractivity contribution < 1.29 is 9.18 Å². The van der Waals surface area contributed by atoms with Crippen LogP contribution in [0.15, 0.2) is 66.7 Å². The van der Waals surface area contributed by atoms with E-state index < -0.39 is 5.82 Å². The molecule has 1 heterocycles. The minimum absolute atomic E-state index is 0.0951. The summed E-state index contributed by atoms with van der Waals surface area (Å²) < 4.78 is 16.0. The summed E-state index contributed by atoms with van der Waals surface area (Å²) >= 11 is 0. The van der Waals surface area contributed by atoms with Gasteiger partial charge in [0.1, 0.15) is 11.6 Å². The van der Waals surface area contributed by atoms with Gasteiger partial charge in [0, 0.05) is 19.5 Å². The van der Waals surface area contributed by atoms with Gasteiger partial charge in [-0.05, 0) is 62.1 Å². The number of aromatic nitrogens is 2. The van der Waals surface area contributed by atoms with E-state index in [2.05, 4.69) is 60.1 Å². The van der Waals surface area contributed by atoms with E-state index in [1.165, 1.54) is 28.8 Å². The molecule has 0 spiro atoms. The van der Waals surface area contributed by atoms with Crippen LogP contribution >= 0.6 is 0 Å². The maximum Gasteiger partial charge on any atom is 0.254 e. The van der Waals surface area contributed by atoms with Crippen molar-refractivity contribution in [1.29, 1.82) is 0 Å². The zero-order valence-corrected chi connectivity index (χ0v) is 19.3. The highest BCUT2D eigenvalue weighted by Gasteiger charge is 2.13. The highest BCUT2D eigenvalue weighted by molar-refractivity contribution is 5.94. The molecular formula is C28H30FN3O. The second kappa shape index (κ2) is 10.4. The first-order valence-electron chi connectivity index (χ1n) is 11.6. The number of unbranched alkanes of at least 4 members (excludes halogenated alkanes) is 2. The molecule has 0 aliphatic rings. The molecular weight excluding hydrogens is 413 g/mol. The summed E-state index contributed by atoms with van der Waals surface area (Å²) in [6, 6.07) is 20.9. The molecule has 33 heavy (non-hydrogen) atoms. The second-order valence-corrected chi connectivity index (χ2v) is 8.58. The Morgan fingerprint density at radius 1 is 0.970 bits per heavy atom. The SMILES string of the molecule is Cc1ccc(C)c(Cn2c(CCCCCNC(=O)c3ccccc3F)nc3ccccc32)c1. The number of aryl methyl sites for hydroxylation is 3. The number of hydrogen-bond acceptors (Lipinski definition) is 2. The van der Waals surface area contributed by atoms with Gasteiger partial charge in [0.2, 0.25) is 0 Å². The van der Waals surface area contributed by atoms with Crippen LogP contribution in [0.2, 0.25) is 0 Å². The number of hydrogen-bond donors (Lipinski definition) is 1. The molecule has 0 aliphatic heterocycles. The number of nitrogens with one attached hydrogen (secondary N) is 1. The monoisotopic (exact) mass is 443 g/mol. The summed E-state index contributed by atoms with van der Waals surface area (Å²) in [5.41, 5.74) is 6.14. The third kappa shape index (κ3) is 5.48. The molecule has 4 nitrogen and oxygen atoms in total. The van der Waals surface area contributed by atoms with Crippen LogP contribution in [-0.4, -0.2) is 22.0 Å². The highest BCUT2D eigenvalue weighted by Crippen LogP contribution is 2.21. The molecule has 1 N–H and O–H groups in total. The van der Waals surface area contributed by atoms with Crippen molar-refractivity contribution in [3.8, 4) is 0 Å². The van der Waals surface area contributed by atoms with E-state index in [0.717, 1.165) is 49.1 Å². The summed E-state index contributed by atoms with van der Waals surface area (Å²) in [7, 11) is 0. The third-order valence-corrected chi connectivity index (χ3v) is 6.05. The van der Waals surface area contributed by atoms with E-state index in [0.29, 0.717) is 6.54 Å². The fourth-order valence-electron chi connectivity index (χ4n) is 4.16. The number of nitrogens with zero attached hydrogens (tertiary/aromatic N) is 2. The summed E-state index contributed by atoms with van der Waals surface area (Å²) in [5.74, 6) is 0.244. The number of carbonyl (C=O) groups is 1. The molecule has 0 radical (unpaired) electrons. The average Bonchev–Trinajstić information content (AvgIpc) is 3.16. The van der Waals surface area contributed by atoms with E-state index in [4.69, 9.17) is 4.98 Å². The summed E-state index contributed by atoms with van der Waals surface area (Å²) in [6.45, 7) is 5.62. The Hall–Kier alpha value is -3.47. The minimum atomic E-state index is -0.488. The Labute approximate surface area is 194 Å². The van der Waals surface area contributed by atoms with E-state index in [1.54, 1.807) is 12.1 Å². The molecule has 0 fully saturated rings. The van der Waals surface area contributed by atoms with Crippen molar-refractivity contribution in [3.05, 3.63) is 101 Å². The van der Waals surface area contributed by atoms with E-state index >= 15 is 0 Å². The fourth-order valence-corrected chi connectivity index (χ4v) is 4.16. The zero-order chi connectivity index (χ0) is 23.2.